The summed E-state index contributed by atoms with van der Waals surface area (Å²) in [5.74, 6) is 0. The monoisotopic (exact) mass is 445 g/mol. The van der Waals surface area contributed by atoms with Gasteiger partial charge in [0.15, 0.2) is 0 Å². The van der Waals surface area contributed by atoms with Gasteiger partial charge in [-0.15, -0.1) is 5.73 Å². The van der Waals surface area contributed by atoms with E-state index in [0.717, 1.165) is 56.1 Å². The van der Waals surface area contributed by atoms with E-state index in [0.29, 0.717) is 0 Å². The topological polar surface area (TPSA) is 22.0 Å². The highest BCUT2D eigenvalue weighted by Crippen LogP contribution is 2.54. The summed E-state index contributed by atoms with van der Waals surface area (Å²) in [5.41, 5.74) is 10.6. The van der Waals surface area contributed by atoms with Crippen LogP contribution < -0.4 is 0 Å². The summed E-state index contributed by atoms with van der Waals surface area (Å²) in [6.45, 7) is 3.06. The lowest BCUT2D eigenvalue weighted by Crippen LogP contribution is -2.05. The minimum Gasteiger partial charge on any atom is -0.342 e. The van der Waals surface area contributed by atoms with E-state index in [9.17, 15) is 4.79 Å². The van der Waals surface area contributed by atoms with E-state index in [2.05, 4.69) is 102 Å². The average molecular weight is 446 g/mol. The molecule has 0 radical (unpaired) electrons. The second-order valence-corrected chi connectivity index (χ2v) is 9.40. The van der Waals surface area contributed by atoms with Crippen molar-refractivity contribution < 1.29 is 4.79 Å². The number of carbonyl (C=O) groups is 1. The number of hydrogen-bond acceptors (Lipinski definition) is 1. The number of aldehydes is 1. The van der Waals surface area contributed by atoms with E-state index in [-0.39, 0.29) is 5.41 Å². The second kappa shape index (κ2) is 9.71. The molecule has 0 unspecified atom stereocenters. The SMILES string of the molecule is CCCCC(=C=C(c1ccccc1)C1(C=O)CC1)c1cn(Cc2ccccc2)c2ccccc12. The quantitative estimate of drug-likeness (QED) is 0.189. The Morgan fingerprint density at radius 3 is 2.29 bits per heavy atom. The number of carbonyl (C=O) groups excluding carboxylic acids is 1. The van der Waals surface area contributed by atoms with Crippen LogP contribution in [0.1, 0.15) is 55.7 Å². The number of aromatic nitrogens is 1. The highest BCUT2D eigenvalue weighted by Gasteiger charge is 2.46. The third kappa shape index (κ3) is 4.42. The van der Waals surface area contributed by atoms with Gasteiger partial charge in [-0.25, -0.2) is 0 Å². The van der Waals surface area contributed by atoms with Crippen LogP contribution in [0.5, 0.6) is 0 Å². The lowest BCUT2D eigenvalue weighted by atomic mass is 9.89. The molecule has 2 nitrogen and oxygen atoms in total. The number of hydrogen-bond donors (Lipinski definition) is 0. The lowest BCUT2D eigenvalue weighted by molar-refractivity contribution is -0.110. The minimum atomic E-state index is -0.388. The lowest BCUT2D eigenvalue weighted by Gasteiger charge is -2.13. The van der Waals surface area contributed by atoms with E-state index >= 15 is 0 Å². The zero-order chi connectivity index (χ0) is 23.4. The molecule has 0 aliphatic heterocycles. The highest BCUT2D eigenvalue weighted by molar-refractivity contribution is 5.96. The number of allylic oxidation sites excluding steroid dienone is 1. The largest absolute Gasteiger partial charge is 0.342 e. The Labute approximate surface area is 202 Å². The molecule has 1 aliphatic rings. The molecule has 4 aromatic rings. The van der Waals surface area contributed by atoms with Gasteiger partial charge in [-0.2, -0.15) is 0 Å². The van der Waals surface area contributed by atoms with E-state index in [4.69, 9.17) is 0 Å². The first-order valence-corrected chi connectivity index (χ1v) is 12.4. The number of fused-ring (bicyclic) bond motifs is 1. The molecule has 0 N–H and O–H groups in total. The normalized spacial score (nSPS) is 13.9. The van der Waals surface area contributed by atoms with Gasteiger partial charge in [-0.3, -0.25) is 0 Å². The molecular formula is C32H31NO. The van der Waals surface area contributed by atoms with Crippen LogP contribution >= 0.6 is 0 Å². The fourth-order valence-electron chi connectivity index (χ4n) is 4.82. The summed E-state index contributed by atoms with van der Waals surface area (Å²) in [4.78, 5) is 12.2. The Morgan fingerprint density at radius 2 is 1.62 bits per heavy atom. The van der Waals surface area contributed by atoms with E-state index in [1.807, 2.05) is 6.07 Å². The Bertz CT molecular complexity index is 1350. The van der Waals surface area contributed by atoms with Crippen molar-refractivity contribution in [3.63, 3.8) is 0 Å². The van der Waals surface area contributed by atoms with Crippen LogP contribution in [0.3, 0.4) is 0 Å². The van der Waals surface area contributed by atoms with Crippen LogP contribution in [-0.4, -0.2) is 10.9 Å². The number of benzene rings is 3. The molecule has 1 heterocycles. The summed E-state index contributed by atoms with van der Waals surface area (Å²) in [6.07, 6.45) is 8.41. The Kier molecular flexibility index (Phi) is 6.34. The summed E-state index contributed by atoms with van der Waals surface area (Å²) in [7, 11) is 0. The van der Waals surface area contributed by atoms with Gasteiger partial charge in [-0.05, 0) is 42.9 Å². The third-order valence-corrected chi connectivity index (χ3v) is 6.94. The van der Waals surface area contributed by atoms with Crippen molar-refractivity contribution in [2.24, 2.45) is 5.41 Å². The van der Waals surface area contributed by atoms with Gasteiger partial charge in [0.1, 0.15) is 6.29 Å². The average Bonchev–Trinajstić information content (AvgIpc) is 3.61. The van der Waals surface area contributed by atoms with Gasteiger partial charge in [0.2, 0.25) is 0 Å². The molecule has 0 amide bonds. The van der Waals surface area contributed by atoms with Gasteiger partial charge in [0.05, 0.1) is 5.41 Å². The van der Waals surface area contributed by atoms with Gasteiger partial charge in [0.25, 0.3) is 0 Å². The van der Waals surface area contributed by atoms with Crippen LogP contribution in [-0.2, 0) is 11.3 Å². The summed E-state index contributed by atoms with van der Waals surface area (Å²) in [6, 6.07) is 29.6. The fraction of sp³-hybridized carbons (Fsp3) is 0.250. The molecular weight excluding hydrogens is 414 g/mol. The van der Waals surface area contributed by atoms with E-state index in [1.165, 1.54) is 27.6 Å². The first kappa shape index (κ1) is 22.2. The zero-order valence-electron chi connectivity index (χ0n) is 19.8. The summed E-state index contributed by atoms with van der Waals surface area (Å²) < 4.78 is 2.35. The molecule has 170 valence electrons. The predicted octanol–water partition coefficient (Wildman–Crippen LogP) is 7.92. The molecule has 1 aromatic heterocycles. The molecule has 34 heavy (non-hydrogen) atoms. The smallest absolute Gasteiger partial charge is 0.131 e. The van der Waals surface area contributed by atoms with Crippen molar-refractivity contribution in [2.45, 2.75) is 45.6 Å². The fourth-order valence-corrected chi connectivity index (χ4v) is 4.82. The van der Waals surface area contributed by atoms with Gasteiger partial charge < -0.3 is 9.36 Å². The molecule has 0 bridgehead atoms. The number of para-hydroxylation sites is 1. The van der Waals surface area contributed by atoms with Gasteiger partial charge in [-0.1, -0.05) is 92.2 Å². The van der Waals surface area contributed by atoms with Gasteiger partial charge >= 0.3 is 0 Å². The minimum absolute atomic E-state index is 0.388. The van der Waals surface area contributed by atoms with Crippen molar-refractivity contribution >= 4 is 28.3 Å². The summed E-state index contributed by atoms with van der Waals surface area (Å²) >= 11 is 0. The van der Waals surface area contributed by atoms with Crippen molar-refractivity contribution in [2.75, 3.05) is 0 Å². The van der Waals surface area contributed by atoms with Crippen molar-refractivity contribution in [1.82, 2.24) is 4.57 Å². The number of unbranched alkanes of at least 4 members (excludes halogenated alkanes) is 1. The van der Waals surface area contributed by atoms with Crippen LogP contribution in [0.25, 0.3) is 22.0 Å². The molecule has 2 heteroatoms. The molecule has 0 saturated heterocycles. The highest BCUT2D eigenvalue weighted by atomic mass is 16.1. The molecule has 0 spiro atoms. The van der Waals surface area contributed by atoms with E-state index < -0.39 is 0 Å². The molecule has 5 rings (SSSR count). The number of rotatable bonds is 9. The predicted molar refractivity (Wildman–Crippen MR) is 142 cm³/mol. The van der Waals surface area contributed by atoms with Crippen molar-refractivity contribution in [1.29, 1.82) is 0 Å². The van der Waals surface area contributed by atoms with Crippen molar-refractivity contribution in [3.8, 4) is 0 Å². The van der Waals surface area contributed by atoms with Crippen molar-refractivity contribution in [3.05, 3.63) is 114 Å². The van der Waals surface area contributed by atoms with Crippen LogP contribution in [0.4, 0.5) is 0 Å². The first-order valence-electron chi connectivity index (χ1n) is 12.4. The third-order valence-electron chi connectivity index (χ3n) is 6.94. The standard InChI is InChI=1S/C32H31NO/c1-2-3-14-27(21-30(32(24-34)19-20-32)26-15-8-5-9-16-26)29-23-33(22-25-12-6-4-7-13-25)31-18-11-10-17-28(29)31/h4-13,15-18,23-24H,2-3,14,19-20,22H2,1H3. The number of nitrogens with zero attached hydrogens (tertiary/aromatic N) is 1. The Morgan fingerprint density at radius 1 is 0.941 bits per heavy atom. The zero-order valence-corrected chi connectivity index (χ0v) is 19.8. The van der Waals surface area contributed by atoms with Crippen LogP contribution in [0.15, 0.2) is 96.9 Å². The molecule has 0 atom stereocenters. The second-order valence-electron chi connectivity index (χ2n) is 9.40. The Hall–Kier alpha value is -3.61. The Balaban J connectivity index is 1.72. The molecule has 1 fully saturated rings. The first-order chi connectivity index (χ1) is 16.7. The van der Waals surface area contributed by atoms with Crippen LogP contribution in [0, 0.1) is 5.41 Å². The van der Waals surface area contributed by atoms with Crippen LogP contribution in [0.2, 0.25) is 0 Å². The van der Waals surface area contributed by atoms with Gasteiger partial charge in [0, 0.05) is 40.4 Å². The molecule has 3 aromatic carbocycles. The maximum absolute atomic E-state index is 12.2. The summed E-state index contributed by atoms with van der Waals surface area (Å²) in [5, 5.41) is 1.25. The van der Waals surface area contributed by atoms with E-state index in [1.54, 1.807) is 0 Å². The maximum Gasteiger partial charge on any atom is 0.131 e. The molecule has 1 aliphatic carbocycles. The maximum atomic E-state index is 12.2. The molecule has 1 saturated carbocycles.